The Morgan fingerprint density at radius 2 is 2.28 bits per heavy atom. The van der Waals surface area contributed by atoms with Gasteiger partial charge in [0.1, 0.15) is 5.69 Å². The fraction of sp³-hybridized carbons (Fsp3) is 0.417. The number of hydrogen-bond acceptors (Lipinski definition) is 5. The second kappa shape index (κ2) is 4.33. The lowest BCUT2D eigenvalue weighted by Gasteiger charge is -2.36. The van der Waals surface area contributed by atoms with Crippen LogP contribution >= 0.6 is 11.6 Å². The maximum absolute atomic E-state index is 6.06. The van der Waals surface area contributed by atoms with E-state index < -0.39 is 0 Å². The first kappa shape index (κ1) is 11.6. The summed E-state index contributed by atoms with van der Waals surface area (Å²) in [6.45, 7) is 0.532. The maximum Gasteiger partial charge on any atom is 0.234 e. The van der Waals surface area contributed by atoms with Crippen molar-refractivity contribution >= 4 is 11.6 Å². The Bertz CT molecular complexity index is 559. The van der Waals surface area contributed by atoms with E-state index >= 15 is 0 Å². The Morgan fingerprint density at radius 1 is 1.44 bits per heavy atom. The quantitative estimate of drug-likeness (QED) is 0.919. The van der Waals surface area contributed by atoms with E-state index in [1.54, 1.807) is 18.3 Å². The highest BCUT2D eigenvalue weighted by Gasteiger charge is 2.42. The van der Waals surface area contributed by atoms with Crippen molar-refractivity contribution in [3.63, 3.8) is 0 Å². The van der Waals surface area contributed by atoms with Gasteiger partial charge >= 0.3 is 0 Å². The van der Waals surface area contributed by atoms with Crippen molar-refractivity contribution in [2.75, 3.05) is 6.54 Å². The molecule has 1 saturated carbocycles. The molecule has 6 heteroatoms. The molecule has 3 rings (SSSR count). The zero-order valence-corrected chi connectivity index (χ0v) is 10.5. The SMILES string of the molecule is NCC1(c2nc(-c3ncccc3Cl)no2)CCC1. The lowest BCUT2D eigenvalue weighted by atomic mass is 9.69. The Morgan fingerprint density at radius 3 is 2.89 bits per heavy atom. The Labute approximate surface area is 109 Å². The molecular weight excluding hydrogens is 252 g/mol. The molecule has 5 nitrogen and oxygen atoms in total. The first-order valence-corrected chi connectivity index (χ1v) is 6.28. The molecule has 94 valence electrons. The Balaban J connectivity index is 1.97. The highest BCUT2D eigenvalue weighted by molar-refractivity contribution is 6.32. The minimum absolute atomic E-state index is 0.132. The molecule has 0 atom stereocenters. The zero-order chi connectivity index (χ0) is 12.6. The van der Waals surface area contributed by atoms with Crippen LogP contribution in [0.4, 0.5) is 0 Å². The summed E-state index contributed by atoms with van der Waals surface area (Å²) < 4.78 is 5.33. The Hall–Kier alpha value is -1.46. The van der Waals surface area contributed by atoms with E-state index in [9.17, 15) is 0 Å². The van der Waals surface area contributed by atoms with Gasteiger partial charge in [-0.3, -0.25) is 4.98 Å². The molecule has 1 aliphatic rings. The van der Waals surface area contributed by atoms with Crippen LogP contribution in [-0.4, -0.2) is 21.7 Å². The summed E-state index contributed by atoms with van der Waals surface area (Å²) in [5, 5.41) is 4.47. The van der Waals surface area contributed by atoms with Gasteiger partial charge in [0.05, 0.1) is 10.4 Å². The molecule has 2 aromatic heterocycles. The van der Waals surface area contributed by atoms with E-state index in [0.717, 1.165) is 19.3 Å². The van der Waals surface area contributed by atoms with Crippen molar-refractivity contribution in [1.29, 1.82) is 0 Å². The monoisotopic (exact) mass is 264 g/mol. The molecule has 2 N–H and O–H groups in total. The molecule has 0 amide bonds. The Kier molecular flexibility index (Phi) is 2.80. The maximum atomic E-state index is 6.06. The van der Waals surface area contributed by atoms with Crippen molar-refractivity contribution in [3.05, 3.63) is 29.2 Å². The predicted octanol–water partition coefficient (Wildman–Crippen LogP) is 2.17. The lowest BCUT2D eigenvalue weighted by Crippen LogP contribution is -2.41. The molecule has 18 heavy (non-hydrogen) atoms. The average Bonchev–Trinajstić information content (AvgIpc) is 2.79. The average molecular weight is 265 g/mol. The summed E-state index contributed by atoms with van der Waals surface area (Å²) in [6, 6.07) is 3.52. The van der Waals surface area contributed by atoms with Crippen LogP contribution in [0.2, 0.25) is 5.02 Å². The number of aromatic nitrogens is 3. The van der Waals surface area contributed by atoms with Crippen LogP contribution in [0.3, 0.4) is 0 Å². The first-order valence-electron chi connectivity index (χ1n) is 5.90. The zero-order valence-electron chi connectivity index (χ0n) is 9.77. The largest absolute Gasteiger partial charge is 0.338 e. The summed E-state index contributed by atoms with van der Waals surface area (Å²) in [4.78, 5) is 8.57. The van der Waals surface area contributed by atoms with Crippen molar-refractivity contribution in [3.8, 4) is 11.5 Å². The highest BCUT2D eigenvalue weighted by atomic mass is 35.5. The van der Waals surface area contributed by atoms with Crippen molar-refractivity contribution in [2.45, 2.75) is 24.7 Å². The molecule has 0 unspecified atom stereocenters. The second-order valence-electron chi connectivity index (χ2n) is 4.59. The van der Waals surface area contributed by atoms with Gasteiger partial charge in [-0.2, -0.15) is 4.98 Å². The van der Waals surface area contributed by atoms with Gasteiger partial charge in [-0.1, -0.05) is 23.2 Å². The number of pyridine rings is 1. The smallest absolute Gasteiger partial charge is 0.234 e. The van der Waals surface area contributed by atoms with Crippen LogP contribution in [0.1, 0.15) is 25.2 Å². The first-order chi connectivity index (χ1) is 8.75. The second-order valence-corrected chi connectivity index (χ2v) is 5.00. The summed E-state index contributed by atoms with van der Waals surface area (Å²) in [6.07, 6.45) is 4.81. The van der Waals surface area contributed by atoms with Gasteiger partial charge in [-0.05, 0) is 25.0 Å². The number of halogens is 1. The summed E-state index contributed by atoms with van der Waals surface area (Å²) in [5.41, 5.74) is 6.22. The molecule has 0 spiro atoms. The lowest BCUT2D eigenvalue weighted by molar-refractivity contribution is 0.182. The van der Waals surface area contributed by atoms with Crippen molar-refractivity contribution < 1.29 is 4.52 Å². The summed E-state index contributed by atoms with van der Waals surface area (Å²) in [5.74, 6) is 1.03. The van der Waals surface area contributed by atoms with Crippen LogP contribution in [0, 0.1) is 0 Å². The van der Waals surface area contributed by atoms with Gasteiger partial charge in [-0.15, -0.1) is 0 Å². The highest BCUT2D eigenvalue weighted by Crippen LogP contribution is 2.42. The van der Waals surface area contributed by atoms with E-state index in [1.807, 2.05) is 0 Å². The number of rotatable bonds is 3. The molecule has 1 fully saturated rings. The van der Waals surface area contributed by atoms with Gasteiger partial charge in [0.25, 0.3) is 0 Å². The normalized spacial score (nSPS) is 17.4. The van der Waals surface area contributed by atoms with E-state index in [2.05, 4.69) is 15.1 Å². The van der Waals surface area contributed by atoms with Crippen LogP contribution in [0.15, 0.2) is 22.9 Å². The third-order valence-corrected chi connectivity index (χ3v) is 3.86. The molecule has 0 saturated heterocycles. The van der Waals surface area contributed by atoms with Crippen molar-refractivity contribution in [1.82, 2.24) is 15.1 Å². The fourth-order valence-electron chi connectivity index (χ4n) is 2.19. The molecule has 0 bridgehead atoms. The molecule has 2 aromatic rings. The van der Waals surface area contributed by atoms with Gasteiger partial charge in [0, 0.05) is 12.7 Å². The van der Waals surface area contributed by atoms with E-state index in [0.29, 0.717) is 29.0 Å². The fourth-order valence-corrected chi connectivity index (χ4v) is 2.40. The minimum atomic E-state index is -0.132. The molecular formula is C12H13ClN4O. The topological polar surface area (TPSA) is 77.8 Å². The number of hydrogen-bond donors (Lipinski definition) is 1. The third kappa shape index (κ3) is 1.71. The number of nitrogens with two attached hydrogens (primary N) is 1. The van der Waals surface area contributed by atoms with Crippen LogP contribution < -0.4 is 5.73 Å². The summed E-state index contributed by atoms with van der Waals surface area (Å²) >= 11 is 6.06. The van der Waals surface area contributed by atoms with Gasteiger partial charge in [0.15, 0.2) is 0 Å². The number of nitrogens with zero attached hydrogens (tertiary/aromatic N) is 3. The van der Waals surface area contributed by atoms with Crippen molar-refractivity contribution in [2.24, 2.45) is 5.73 Å². The third-order valence-electron chi connectivity index (χ3n) is 3.55. The van der Waals surface area contributed by atoms with Crippen LogP contribution in [-0.2, 0) is 5.41 Å². The molecule has 0 radical (unpaired) electrons. The van der Waals surface area contributed by atoms with Gasteiger partial charge in [-0.25, -0.2) is 0 Å². The standard InChI is InChI=1S/C12H13ClN4O/c13-8-3-1-6-15-9(8)10-16-11(18-17-10)12(7-14)4-2-5-12/h1,3,6H,2,4-5,7,14H2. The summed E-state index contributed by atoms with van der Waals surface area (Å²) in [7, 11) is 0. The predicted molar refractivity (Wildman–Crippen MR) is 67.1 cm³/mol. The van der Waals surface area contributed by atoms with Crippen LogP contribution in [0.5, 0.6) is 0 Å². The molecule has 0 aliphatic heterocycles. The molecule has 0 aromatic carbocycles. The van der Waals surface area contributed by atoms with E-state index in [4.69, 9.17) is 21.9 Å². The molecule has 2 heterocycles. The van der Waals surface area contributed by atoms with E-state index in [-0.39, 0.29) is 5.41 Å². The van der Waals surface area contributed by atoms with Gasteiger partial charge < -0.3 is 10.3 Å². The van der Waals surface area contributed by atoms with Gasteiger partial charge in [0.2, 0.25) is 11.7 Å². The van der Waals surface area contributed by atoms with Crippen LogP contribution in [0.25, 0.3) is 11.5 Å². The molecule has 1 aliphatic carbocycles. The minimum Gasteiger partial charge on any atom is -0.338 e. The van der Waals surface area contributed by atoms with E-state index in [1.165, 1.54) is 0 Å².